The van der Waals surface area contributed by atoms with Gasteiger partial charge in [0.25, 0.3) is 0 Å². The van der Waals surface area contributed by atoms with Gasteiger partial charge in [-0.3, -0.25) is 4.68 Å². The second-order valence-corrected chi connectivity index (χ2v) is 9.78. The summed E-state index contributed by atoms with van der Waals surface area (Å²) in [6.07, 6.45) is 5.40. The van der Waals surface area contributed by atoms with E-state index >= 15 is 0 Å². The maximum absolute atomic E-state index is 10.6. The van der Waals surface area contributed by atoms with Crippen LogP contribution in [0.3, 0.4) is 0 Å². The Labute approximate surface area is 207 Å². The predicted octanol–water partition coefficient (Wildman–Crippen LogP) is 4.23. The van der Waals surface area contributed by atoms with Crippen LogP contribution in [-0.2, 0) is 7.05 Å². The average molecular weight is 494 g/mol. The molecule has 0 unspecified atom stereocenters. The zero-order chi connectivity index (χ0) is 22.4. The molecular weight excluding hydrogens is 461 g/mol. The van der Waals surface area contributed by atoms with Crippen molar-refractivity contribution in [1.29, 1.82) is 0 Å². The van der Waals surface area contributed by atoms with Crippen molar-refractivity contribution in [2.45, 2.75) is 57.7 Å². The molecular formula is C23H33Cl2N7O. The Hall–Kier alpha value is -2.42. The summed E-state index contributed by atoms with van der Waals surface area (Å²) in [7, 11) is 3.90. The van der Waals surface area contributed by atoms with Crippen LogP contribution >= 0.6 is 24.8 Å². The Bertz CT molecular complexity index is 1070. The molecule has 2 N–H and O–H groups in total. The molecule has 180 valence electrons. The molecule has 1 saturated heterocycles. The van der Waals surface area contributed by atoms with Crippen LogP contribution in [0.15, 0.2) is 36.7 Å². The average Bonchev–Trinajstić information content (AvgIpc) is 3.11. The molecule has 3 heterocycles. The minimum absolute atomic E-state index is 0. The van der Waals surface area contributed by atoms with E-state index in [4.69, 9.17) is 0 Å². The van der Waals surface area contributed by atoms with Gasteiger partial charge in [0.15, 0.2) is 0 Å². The Balaban J connectivity index is 0.00000193. The topological polar surface area (TPSA) is 92.0 Å². The summed E-state index contributed by atoms with van der Waals surface area (Å²) in [6, 6.07) is 7.71. The minimum Gasteiger partial charge on any atom is -0.507 e. The van der Waals surface area contributed by atoms with E-state index in [1.165, 1.54) is 0 Å². The quantitative estimate of drug-likeness (QED) is 0.561. The van der Waals surface area contributed by atoms with E-state index in [2.05, 4.69) is 58.2 Å². The van der Waals surface area contributed by atoms with E-state index in [-0.39, 0.29) is 41.6 Å². The molecule has 1 fully saturated rings. The second kappa shape index (κ2) is 9.83. The Morgan fingerprint density at radius 1 is 1.06 bits per heavy atom. The molecule has 1 aliphatic rings. The first-order valence-corrected chi connectivity index (χ1v) is 10.6. The van der Waals surface area contributed by atoms with Crippen molar-refractivity contribution in [3.05, 3.63) is 36.7 Å². The van der Waals surface area contributed by atoms with E-state index in [1.54, 1.807) is 23.1 Å². The highest BCUT2D eigenvalue weighted by atomic mass is 35.5. The number of hydrogen-bond acceptors (Lipinski definition) is 7. The van der Waals surface area contributed by atoms with E-state index in [0.717, 1.165) is 24.1 Å². The first kappa shape index (κ1) is 26.8. The van der Waals surface area contributed by atoms with Gasteiger partial charge in [-0.2, -0.15) is 5.10 Å². The second-order valence-electron chi connectivity index (χ2n) is 9.78. The number of rotatable bonds is 4. The summed E-state index contributed by atoms with van der Waals surface area (Å²) in [4.78, 5) is 6.68. The fourth-order valence-electron chi connectivity index (χ4n) is 4.82. The van der Waals surface area contributed by atoms with Crippen molar-refractivity contribution in [1.82, 2.24) is 30.3 Å². The van der Waals surface area contributed by atoms with Crippen LogP contribution in [0.5, 0.6) is 5.75 Å². The normalized spacial score (nSPS) is 17.0. The number of phenolic OH excluding ortho intramolecular Hbond substituents is 1. The lowest BCUT2D eigenvalue weighted by molar-refractivity contribution is 0.160. The Kier molecular flexibility index (Phi) is 7.99. The number of piperidine rings is 1. The minimum atomic E-state index is 0. The number of phenols is 1. The highest BCUT2D eigenvalue weighted by molar-refractivity contribution is 5.85. The van der Waals surface area contributed by atoms with Crippen LogP contribution in [0.2, 0.25) is 0 Å². The van der Waals surface area contributed by atoms with Gasteiger partial charge in [0, 0.05) is 48.5 Å². The number of halogens is 2. The molecule has 1 aliphatic heterocycles. The molecule has 0 aliphatic carbocycles. The summed E-state index contributed by atoms with van der Waals surface area (Å²) < 4.78 is 1.77. The van der Waals surface area contributed by atoms with Gasteiger partial charge in [-0.15, -0.1) is 35.0 Å². The van der Waals surface area contributed by atoms with E-state index in [1.807, 2.05) is 32.3 Å². The fourth-order valence-corrected chi connectivity index (χ4v) is 4.82. The SMILES string of the molecule is CN(c1ncc(-c2ccc(-c3ccnn3C)cc2O)nn1)C1CC(C)(C)NC(C)(C)C1.Cl.Cl. The van der Waals surface area contributed by atoms with Gasteiger partial charge in [0.1, 0.15) is 11.4 Å². The van der Waals surface area contributed by atoms with Crippen LogP contribution in [0.1, 0.15) is 40.5 Å². The fraction of sp³-hybridized carbons (Fsp3) is 0.478. The first-order valence-electron chi connectivity index (χ1n) is 10.6. The predicted molar refractivity (Wildman–Crippen MR) is 136 cm³/mol. The van der Waals surface area contributed by atoms with Gasteiger partial charge in [-0.05, 0) is 58.7 Å². The molecule has 0 amide bonds. The largest absolute Gasteiger partial charge is 0.507 e. The number of benzene rings is 1. The molecule has 1 aromatic carbocycles. The number of hydrogen-bond donors (Lipinski definition) is 2. The Morgan fingerprint density at radius 2 is 1.73 bits per heavy atom. The number of aromatic hydroxyl groups is 1. The van der Waals surface area contributed by atoms with E-state index < -0.39 is 0 Å². The third-order valence-electron chi connectivity index (χ3n) is 5.97. The lowest BCUT2D eigenvalue weighted by atomic mass is 9.79. The number of aromatic nitrogens is 5. The summed E-state index contributed by atoms with van der Waals surface area (Å²) >= 11 is 0. The Morgan fingerprint density at radius 3 is 2.24 bits per heavy atom. The van der Waals surface area contributed by atoms with Gasteiger partial charge in [-0.25, -0.2) is 4.98 Å². The van der Waals surface area contributed by atoms with Gasteiger partial charge >= 0.3 is 0 Å². The van der Waals surface area contributed by atoms with Crippen molar-refractivity contribution in [3.8, 4) is 28.3 Å². The smallest absolute Gasteiger partial charge is 0.245 e. The number of nitrogens with one attached hydrogen (secondary N) is 1. The molecule has 3 aromatic rings. The monoisotopic (exact) mass is 493 g/mol. The highest BCUT2D eigenvalue weighted by Crippen LogP contribution is 2.34. The summed E-state index contributed by atoms with van der Waals surface area (Å²) in [5.74, 6) is 0.728. The standard InChI is InChI=1S/C23H31N7O.2ClH/c1-22(2)12-16(13-23(3,4)28-22)29(5)21-24-14-18(26-27-21)17-8-7-15(11-20(17)31)19-9-10-25-30(19)6;;/h7-11,14,16,28,31H,12-13H2,1-6H3;2*1H. The number of aryl methyl sites for hydroxylation is 1. The van der Waals surface area contributed by atoms with Crippen LogP contribution in [0, 0.1) is 0 Å². The maximum Gasteiger partial charge on any atom is 0.245 e. The van der Waals surface area contributed by atoms with Crippen LogP contribution in [-0.4, -0.2) is 54.2 Å². The van der Waals surface area contributed by atoms with Crippen molar-refractivity contribution in [2.24, 2.45) is 7.05 Å². The van der Waals surface area contributed by atoms with E-state index in [0.29, 0.717) is 23.2 Å². The molecule has 10 heteroatoms. The van der Waals surface area contributed by atoms with Crippen LogP contribution in [0.25, 0.3) is 22.5 Å². The molecule has 0 spiro atoms. The third-order valence-corrected chi connectivity index (χ3v) is 5.97. The molecule has 2 aromatic heterocycles. The summed E-state index contributed by atoms with van der Waals surface area (Å²) in [6.45, 7) is 8.92. The zero-order valence-corrected chi connectivity index (χ0v) is 21.5. The van der Waals surface area contributed by atoms with Crippen molar-refractivity contribution in [3.63, 3.8) is 0 Å². The summed E-state index contributed by atoms with van der Waals surface area (Å²) in [5.41, 5.74) is 3.03. The lowest BCUT2D eigenvalue weighted by Gasteiger charge is -2.48. The van der Waals surface area contributed by atoms with Gasteiger partial charge < -0.3 is 15.3 Å². The number of nitrogens with zero attached hydrogens (tertiary/aromatic N) is 6. The number of anilines is 1. The molecule has 0 atom stereocenters. The first-order chi connectivity index (χ1) is 14.5. The van der Waals surface area contributed by atoms with Crippen LogP contribution in [0.4, 0.5) is 5.95 Å². The maximum atomic E-state index is 10.6. The molecule has 0 saturated carbocycles. The highest BCUT2D eigenvalue weighted by Gasteiger charge is 2.39. The van der Waals surface area contributed by atoms with Crippen molar-refractivity contribution in [2.75, 3.05) is 11.9 Å². The van der Waals surface area contributed by atoms with E-state index in [9.17, 15) is 5.11 Å². The zero-order valence-electron chi connectivity index (χ0n) is 19.9. The molecule has 8 nitrogen and oxygen atoms in total. The van der Waals surface area contributed by atoms with Gasteiger partial charge in [0.05, 0.1) is 11.9 Å². The van der Waals surface area contributed by atoms with Gasteiger partial charge in [-0.1, -0.05) is 6.07 Å². The molecule has 0 bridgehead atoms. The molecule has 33 heavy (non-hydrogen) atoms. The summed E-state index contributed by atoms with van der Waals surface area (Å²) in [5, 5.41) is 27.2. The molecule has 0 radical (unpaired) electrons. The lowest BCUT2D eigenvalue weighted by Crippen LogP contribution is -2.62. The van der Waals surface area contributed by atoms with Crippen molar-refractivity contribution < 1.29 is 5.11 Å². The van der Waals surface area contributed by atoms with Gasteiger partial charge in [0.2, 0.25) is 5.95 Å². The third kappa shape index (κ3) is 5.75. The molecule has 4 rings (SSSR count). The van der Waals surface area contributed by atoms with Crippen LogP contribution < -0.4 is 10.2 Å². The van der Waals surface area contributed by atoms with Crippen molar-refractivity contribution >= 4 is 30.8 Å².